The molecular weight excluding hydrogens is 1140 g/mol. The molecule has 0 aromatic rings. The molecule has 0 aliphatic carbocycles. The molecule has 1 saturated heterocycles. The highest BCUT2D eigenvalue weighted by atomic mass is 16.7. The Kier molecular flexibility index (Phi) is 70.7. The second kappa shape index (κ2) is 72.9. The predicted molar refractivity (Wildman–Crippen MR) is 397 cm³/mol. The van der Waals surface area contributed by atoms with E-state index in [0.29, 0.717) is 12.8 Å². The van der Waals surface area contributed by atoms with Crippen molar-refractivity contribution in [3.05, 3.63) is 0 Å². The topological polar surface area (TPSA) is 149 Å². The summed E-state index contributed by atoms with van der Waals surface area (Å²) in [7, 11) is 0. The van der Waals surface area contributed by atoms with Gasteiger partial charge in [-0.05, 0) is 12.8 Å². The van der Waals surface area contributed by atoms with Crippen molar-refractivity contribution in [1.82, 2.24) is 5.32 Å². The van der Waals surface area contributed by atoms with E-state index >= 15 is 0 Å². The molecule has 1 aliphatic rings. The van der Waals surface area contributed by atoms with Crippen LogP contribution < -0.4 is 5.32 Å². The van der Waals surface area contributed by atoms with E-state index in [1.165, 1.54) is 405 Å². The SMILES string of the molecule is CCCCCCCCCCCCCCCCCCCCCCCCCCCCCCCCCCCCCCCCC(=O)NC(COC1OC(CO)C(O)C(O)C1O)C(O)CCCCCCCCCCCCCCCCCCCCCCCCCCCCCCCCC. The number of unbranched alkanes of at least 4 members (excludes halogenated alkanes) is 67. The van der Waals surface area contributed by atoms with Gasteiger partial charge >= 0.3 is 0 Å². The van der Waals surface area contributed by atoms with E-state index in [1.807, 2.05) is 0 Å². The standard InChI is InChI=1S/C83H165NO8/c1-3-5-7-9-11-13-15-17-19-21-23-25-27-29-31-33-35-36-37-38-39-40-41-43-45-47-49-51-53-55-57-59-61-63-65-67-69-71-73-79(87)84-76(75-91-83-82(90)81(89)80(88)78(74-85)92-83)77(86)72-70-68-66-64-62-60-58-56-54-52-50-48-46-44-42-34-32-30-28-26-24-22-20-18-16-14-12-10-8-6-4-2/h76-78,80-83,85-86,88-90H,3-75H2,1-2H3,(H,84,87). The molecule has 7 unspecified atom stereocenters. The molecule has 1 fully saturated rings. The molecule has 0 bridgehead atoms. The van der Waals surface area contributed by atoms with Crippen LogP contribution in [0.1, 0.15) is 470 Å². The first-order valence-electron chi connectivity index (χ1n) is 42.2. The normalized spacial score (nSPS) is 17.5. The van der Waals surface area contributed by atoms with Gasteiger partial charge in [0.2, 0.25) is 5.91 Å². The predicted octanol–water partition coefficient (Wildman–Crippen LogP) is 24.4. The van der Waals surface area contributed by atoms with Gasteiger partial charge in [0.15, 0.2) is 6.29 Å². The summed E-state index contributed by atoms with van der Waals surface area (Å²) in [6.07, 6.45) is 88.2. The van der Waals surface area contributed by atoms with Crippen molar-refractivity contribution >= 4 is 5.91 Å². The Labute approximate surface area is 574 Å². The van der Waals surface area contributed by atoms with E-state index in [1.54, 1.807) is 0 Å². The largest absolute Gasteiger partial charge is 0.394 e. The van der Waals surface area contributed by atoms with Crippen molar-refractivity contribution in [3.63, 3.8) is 0 Å². The lowest BCUT2D eigenvalue weighted by atomic mass is 9.99. The van der Waals surface area contributed by atoms with Crippen LogP contribution in [0.4, 0.5) is 0 Å². The lowest BCUT2D eigenvalue weighted by Crippen LogP contribution is -2.60. The van der Waals surface area contributed by atoms with Gasteiger partial charge in [-0.2, -0.15) is 0 Å². The molecule has 0 aromatic carbocycles. The molecule has 9 nitrogen and oxygen atoms in total. The molecule has 0 aromatic heterocycles. The van der Waals surface area contributed by atoms with Gasteiger partial charge in [-0.15, -0.1) is 0 Å². The van der Waals surface area contributed by atoms with E-state index in [-0.39, 0.29) is 12.5 Å². The third-order valence-electron chi connectivity index (χ3n) is 21.0. The summed E-state index contributed by atoms with van der Waals surface area (Å²) in [4.78, 5) is 13.2. The van der Waals surface area contributed by atoms with Crippen LogP contribution in [0.3, 0.4) is 0 Å². The number of aliphatic hydroxyl groups is 5. The molecule has 1 heterocycles. The Morgan fingerprint density at radius 2 is 0.543 bits per heavy atom. The maximum atomic E-state index is 13.2. The number of carbonyl (C=O) groups is 1. The minimum absolute atomic E-state index is 0.130. The van der Waals surface area contributed by atoms with Gasteiger partial charge in [-0.3, -0.25) is 4.79 Å². The number of ether oxygens (including phenoxy) is 2. The smallest absolute Gasteiger partial charge is 0.220 e. The van der Waals surface area contributed by atoms with Gasteiger partial charge in [0, 0.05) is 6.42 Å². The molecular formula is C83H165NO8. The van der Waals surface area contributed by atoms with Crippen LogP contribution >= 0.6 is 0 Å². The Bertz CT molecular complexity index is 1420. The molecule has 0 spiro atoms. The van der Waals surface area contributed by atoms with Gasteiger partial charge in [-0.25, -0.2) is 0 Å². The molecule has 550 valence electrons. The minimum atomic E-state index is -1.55. The second-order valence-corrected chi connectivity index (χ2v) is 30.0. The lowest BCUT2D eigenvalue weighted by molar-refractivity contribution is -0.302. The number of carbonyl (C=O) groups excluding carboxylic acids is 1. The fourth-order valence-electron chi connectivity index (χ4n) is 14.4. The van der Waals surface area contributed by atoms with Crippen LogP contribution in [0.5, 0.6) is 0 Å². The summed E-state index contributed by atoms with van der Waals surface area (Å²) in [5, 5.41) is 55.1. The molecule has 92 heavy (non-hydrogen) atoms. The highest BCUT2D eigenvalue weighted by Crippen LogP contribution is 2.25. The third-order valence-corrected chi connectivity index (χ3v) is 21.0. The number of hydrogen-bond donors (Lipinski definition) is 6. The first kappa shape index (κ1) is 89.2. The molecule has 7 atom stereocenters. The van der Waals surface area contributed by atoms with Crippen molar-refractivity contribution in [2.24, 2.45) is 0 Å². The first-order valence-corrected chi connectivity index (χ1v) is 42.2. The Hall–Kier alpha value is -0.810. The molecule has 1 rings (SSSR count). The molecule has 9 heteroatoms. The molecule has 1 aliphatic heterocycles. The highest BCUT2D eigenvalue weighted by molar-refractivity contribution is 5.76. The number of hydrogen-bond acceptors (Lipinski definition) is 8. The van der Waals surface area contributed by atoms with Gasteiger partial charge in [0.05, 0.1) is 25.4 Å². The third kappa shape index (κ3) is 60.4. The van der Waals surface area contributed by atoms with Crippen molar-refractivity contribution in [2.45, 2.75) is 513 Å². The average molecular weight is 1310 g/mol. The van der Waals surface area contributed by atoms with Crippen molar-refractivity contribution in [3.8, 4) is 0 Å². The fraction of sp³-hybridized carbons (Fsp3) is 0.988. The monoisotopic (exact) mass is 1300 g/mol. The lowest BCUT2D eigenvalue weighted by Gasteiger charge is -2.40. The maximum Gasteiger partial charge on any atom is 0.220 e. The van der Waals surface area contributed by atoms with Crippen molar-refractivity contribution in [2.75, 3.05) is 13.2 Å². The number of aliphatic hydroxyl groups excluding tert-OH is 5. The van der Waals surface area contributed by atoms with Crippen LogP contribution in [-0.4, -0.2) is 87.5 Å². The Balaban J connectivity index is 2.01. The van der Waals surface area contributed by atoms with Gasteiger partial charge in [-0.1, -0.05) is 450 Å². The van der Waals surface area contributed by atoms with E-state index in [4.69, 9.17) is 9.47 Å². The van der Waals surface area contributed by atoms with Crippen LogP contribution in [0, 0.1) is 0 Å². The van der Waals surface area contributed by atoms with E-state index in [0.717, 1.165) is 38.5 Å². The molecule has 1 amide bonds. The Morgan fingerprint density at radius 1 is 0.326 bits per heavy atom. The zero-order chi connectivity index (χ0) is 66.4. The molecule has 6 N–H and O–H groups in total. The summed E-state index contributed by atoms with van der Waals surface area (Å²) in [6, 6.07) is -0.717. The molecule has 0 radical (unpaired) electrons. The zero-order valence-corrected chi connectivity index (χ0v) is 62.1. The van der Waals surface area contributed by atoms with Crippen LogP contribution in [0.15, 0.2) is 0 Å². The Morgan fingerprint density at radius 3 is 0.772 bits per heavy atom. The van der Waals surface area contributed by atoms with Crippen LogP contribution in [0.25, 0.3) is 0 Å². The second-order valence-electron chi connectivity index (χ2n) is 30.0. The number of rotatable bonds is 77. The van der Waals surface area contributed by atoms with Crippen LogP contribution in [0.2, 0.25) is 0 Å². The number of nitrogens with one attached hydrogen (secondary N) is 1. The van der Waals surface area contributed by atoms with Gasteiger partial charge in [0.1, 0.15) is 24.4 Å². The van der Waals surface area contributed by atoms with Gasteiger partial charge in [0.25, 0.3) is 0 Å². The summed E-state index contributed by atoms with van der Waals surface area (Å²) >= 11 is 0. The summed E-state index contributed by atoms with van der Waals surface area (Å²) in [6.45, 7) is 3.93. The summed E-state index contributed by atoms with van der Waals surface area (Å²) in [5.41, 5.74) is 0. The zero-order valence-electron chi connectivity index (χ0n) is 62.1. The highest BCUT2D eigenvalue weighted by Gasteiger charge is 2.44. The van der Waals surface area contributed by atoms with Crippen molar-refractivity contribution in [1.29, 1.82) is 0 Å². The fourth-order valence-corrected chi connectivity index (χ4v) is 14.4. The van der Waals surface area contributed by atoms with Crippen LogP contribution in [-0.2, 0) is 14.3 Å². The van der Waals surface area contributed by atoms with Crippen molar-refractivity contribution < 1.29 is 39.8 Å². The quantitative estimate of drug-likeness (QED) is 0.0330. The molecule has 0 saturated carbocycles. The van der Waals surface area contributed by atoms with Gasteiger partial charge < -0.3 is 40.3 Å². The maximum absolute atomic E-state index is 13.2. The van der Waals surface area contributed by atoms with E-state index in [2.05, 4.69) is 19.2 Å². The summed E-state index contributed by atoms with van der Waals surface area (Å²) < 4.78 is 11.4. The van der Waals surface area contributed by atoms with E-state index < -0.39 is 49.5 Å². The summed E-state index contributed by atoms with van der Waals surface area (Å²) in [5.74, 6) is -0.131. The minimum Gasteiger partial charge on any atom is -0.394 e. The van der Waals surface area contributed by atoms with E-state index in [9.17, 15) is 30.3 Å². The first-order chi connectivity index (χ1) is 45.3. The average Bonchev–Trinajstić information content (AvgIpc) is 1.04. The number of amides is 1.